The van der Waals surface area contributed by atoms with Crippen LogP contribution in [0.4, 0.5) is 0 Å². The average molecular weight is 321 g/mol. The Morgan fingerprint density at radius 3 is 2.81 bits per heavy atom. The van der Waals surface area contributed by atoms with Gasteiger partial charge in [-0.1, -0.05) is 0 Å². The molecule has 1 atom stereocenters. The van der Waals surface area contributed by atoms with E-state index < -0.39 is 0 Å². The van der Waals surface area contributed by atoms with Crippen LogP contribution in [0.3, 0.4) is 0 Å². The highest BCUT2D eigenvalue weighted by molar-refractivity contribution is 7.71. The molecule has 0 bridgehead atoms. The third kappa shape index (κ3) is 1.98. The van der Waals surface area contributed by atoms with Gasteiger partial charge < -0.3 is 10.3 Å². The molecule has 2 aromatic heterocycles. The second-order valence-electron chi connectivity index (χ2n) is 5.68. The fraction of sp³-hybridized carbons (Fsp3) is 0.500. The van der Waals surface area contributed by atoms with Crippen molar-refractivity contribution in [2.75, 3.05) is 6.54 Å². The lowest BCUT2D eigenvalue weighted by Crippen LogP contribution is -2.28. The number of nitrogens with one attached hydrogen (secondary N) is 2. The van der Waals surface area contributed by atoms with Crippen LogP contribution in [-0.4, -0.2) is 22.0 Å². The van der Waals surface area contributed by atoms with Crippen molar-refractivity contribution in [3.8, 4) is 0 Å². The van der Waals surface area contributed by atoms with E-state index in [0.717, 1.165) is 29.5 Å². The minimum atomic E-state index is -0.169. The molecule has 2 aliphatic rings. The Kier molecular flexibility index (Phi) is 3.00. The normalized spacial score (nSPS) is 21.5. The number of rotatable bonds is 1. The SMILES string of the molecule is O=C1CC(n2c(=S)[nH]c3sc4c(c3c2=O)CCCC4)CN1. The van der Waals surface area contributed by atoms with Gasteiger partial charge in [-0.05, 0) is 43.5 Å². The number of aromatic amines is 1. The fourth-order valence-electron chi connectivity index (χ4n) is 3.35. The predicted molar refractivity (Wildman–Crippen MR) is 84.6 cm³/mol. The summed E-state index contributed by atoms with van der Waals surface area (Å²) in [6.45, 7) is 0.480. The molecule has 0 spiro atoms. The molecule has 7 heteroatoms. The van der Waals surface area contributed by atoms with E-state index in [9.17, 15) is 9.59 Å². The van der Waals surface area contributed by atoms with Crippen LogP contribution in [0.15, 0.2) is 4.79 Å². The van der Waals surface area contributed by atoms with Crippen molar-refractivity contribution < 1.29 is 4.79 Å². The first-order valence-electron chi connectivity index (χ1n) is 7.21. The Bertz CT molecular complexity index is 861. The molecule has 0 aromatic carbocycles. The van der Waals surface area contributed by atoms with Crippen molar-refractivity contribution in [2.24, 2.45) is 0 Å². The van der Waals surface area contributed by atoms with Gasteiger partial charge in [-0.3, -0.25) is 14.2 Å². The van der Waals surface area contributed by atoms with E-state index in [-0.39, 0.29) is 17.5 Å². The highest BCUT2D eigenvalue weighted by Gasteiger charge is 2.27. The number of aryl methyl sites for hydroxylation is 2. The number of amides is 1. The van der Waals surface area contributed by atoms with Crippen LogP contribution in [0, 0.1) is 4.77 Å². The lowest BCUT2D eigenvalue weighted by molar-refractivity contribution is -0.119. The first kappa shape index (κ1) is 13.2. The Morgan fingerprint density at radius 2 is 2.05 bits per heavy atom. The minimum Gasteiger partial charge on any atom is -0.354 e. The standard InChI is InChI=1S/C14H15N3O2S2/c18-10-5-7(6-15-10)17-13(19)11-8-3-1-2-4-9(8)21-12(11)16-14(17)20/h7H,1-6H2,(H,15,18)(H,16,20). The van der Waals surface area contributed by atoms with Gasteiger partial charge in [0.05, 0.1) is 11.4 Å². The van der Waals surface area contributed by atoms with Gasteiger partial charge in [-0.15, -0.1) is 11.3 Å². The summed E-state index contributed by atoms with van der Waals surface area (Å²) in [5, 5.41) is 3.56. The predicted octanol–water partition coefficient (Wildman–Crippen LogP) is 2.06. The third-order valence-electron chi connectivity index (χ3n) is 4.36. The Labute approximate surface area is 130 Å². The van der Waals surface area contributed by atoms with Gasteiger partial charge in [-0.25, -0.2) is 0 Å². The molecule has 4 rings (SSSR count). The summed E-state index contributed by atoms with van der Waals surface area (Å²) in [4.78, 5) is 29.8. The summed E-state index contributed by atoms with van der Waals surface area (Å²) in [6, 6.07) is -0.169. The number of fused-ring (bicyclic) bond motifs is 3. The summed E-state index contributed by atoms with van der Waals surface area (Å²) in [7, 11) is 0. The van der Waals surface area contributed by atoms with Crippen molar-refractivity contribution in [1.82, 2.24) is 14.9 Å². The number of hydrogen-bond acceptors (Lipinski definition) is 4. The monoisotopic (exact) mass is 321 g/mol. The van der Waals surface area contributed by atoms with Gasteiger partial charge in [0, 0.05) is 17.8 Å². The van der Waals surface area contributed by atoms with Crippen LogP contribution >= 0.6 is 23.6 Å². The zero-order chi connectivity index (χ0) is 14.6. The zero-order valence-corrected chi connectivity index (χ0v) is 13.0. The number of nitrogens with zero attached hydrogens (tertiary/aromatic N) is 1. The maximum atomic E-state index is 12.9. The molecule has 2 N–H and O–H groups in total. The number of H-pyrrole nitrogens is 1. The molecule has 1 unspecified atom stereocenters. The highest BCUT2D eigenvalue weighted by Crippen LogP contribution is 2.33. The van der Waals surface area contributed by atoms with Crippen LogP contribution in [-0.2, 0) is 17.6 Å². The van der Waals surface area contributed by atoms with E-state index in [4.69, 9.17) is 12.2 Å². The number of hydrogen-bond donors (Lipinski definition) is 2. The third-order valence-corrected chi connectivity index (χ3v) is 5.87. The van der Waals surface area contributed by atoms with Gasteiger partial charge in [-0.2, -0.15) is 0 Å². The number of thiophene rings is 1. The lowest BCUT2D eigenvalue weighted by Gasteiger charge is -2.13. The van der Waals surface area contributed by atoms with E-state index in [1.807, 2.05) is 0 Å². The van der Waals surface area contributed by atoms with Gasteiger partial charge >= 0.3 is 0 Å². The first-order chi connectivity index (χ1) is 10.1. The smallest absolute Gasteiger partial charge is 0.263 e. The summed E-state index contributed by atoms with van der Waals surface area (Å²) in [5.41, 5.74) is 1.16. The molecule has 0 saturated carbocycles. The molecule has 21 heavy (non-hydrogen) atoms. The molecule has 1 aliphatic carbocycles. The Balaban J connectivity index is 1.98. The number of carbonyl (C=O) groups is 1. The molecule has 1 amide bonds. The number of carbonyl (C=O) groups excluding carboxylic acids is 1. The van der Waals surface area contributed by atoms with Crippen molar-refractivity contribution in [1.29, 1.82) is 0 Å². The molecule has 0 radical (unpaired) electrons. The van der Waals surface area contributed by atoms with Crippen LogP contribution in [0.5, 0.6) is 0 Å². The molecule has 3 heterocycles. The van der Waals surface area contributed by atoms with Crippen LogP contribution in [0.2, 0.25) is 0 Å². The largest absolute Gasteiger partial charge is 0.354 e. The molecule has 1 aliphatic heterocycles. The van der Waals surface area contributed by atoms with Crippen molar-refractivity contribution in [3.63, 3.8) is 0 Å². The Hall–Kier alpha value is -1.47. The second kappa shape index (κ2) is 4.78. The lowest BCUT2D eigenvalue weighted by atomic mass is 9.97. The van der Waals surface area contributed by atoms with E-state index >= 15 is 0 Å². The first-order valence-corrected chi connectivity index (χ1v) is 8.43. The highest BCUT2D eigenvalue weighted by atomic mass is 32.1. The van der Waals surface area contributed by atoms with Crippen LogP contribution in [0.1, 0.15) is 35.7 Å². The second-order valence-corrected chi connectivity index (χ2v) is 7.17. The summed E-state index contributed by atoms with van der Waals surface area (Å²) >= 11 is 7.02. The molecular weight excluding hydrogens is 306 g/mol. The van der Waals surface area contributed by atoms with E-state index in [1.54, 1.807) is 15.9 Å². The fourth-order valence-corrected chi connectivity index (χ4v) is 5.03. The summed E-state index contributed by atoms with van der Waals surface area (Å²) in [6.07, 6.45) is 4.68. The summed E-state index contributed by atoms with van der Waals surface area (Å²) in [5.74, 6) is -0.0197. The van der Waals surface area contributed by atoms with Crippen molar-refractivity contribution in [3.05, 3.63) is 25.6 Å². The molecule has 5 nitrogen and oxygen atoms in total. The van der Waals surface area contributed by atoms with Crippen molar-refractivity contribution in [2.45, 2.75) is 38.1 Å². The van der Waals surface area contributed by atoms with Crippen LogP contribution in [0.25, 0.3) is 10.2 Å². The molecular formula is C14H15N3O2S2. The van der Waals surface area contributed by atoms with E-state index in [1.165, 1.54) is 16.9 Å². The quantitative estimate of drug-likeness (QED) is 0.790. The minimum absolute atomic E-state index is 0.0197. The van der Waals surface area contributed by atoms with E-state index in [2.05, 4.69) is 10.3 Å². The number of aromatic nitrogens is 2. The average Bonchev–Trinajstić information content (AvgIpc) is 3.02. The maximum Gasteiger partial charge on any atom is 0.263 e. The topological polar surface area (TPSA) is 66.9 Å². The van der Waals surface area contributed by atoms with E-state index in [0.29, 0.717) is 17.7 Å². The molecule has 1 saturated heterocycles. The molecule has 1 fully saturated rings. The molecule has 2 aromatic rings. The summed E-state index contributed by atoms with van der Waals surface area (Å²) < 4.78 is 2.02. The zero-order valence-electron chi connectivity index (χ0n) is 11.4. The van der Waals surface area contributed by atoms with Gasteiger partial charge in [0.2, 0.25) is 5.91 Å². The van der Waals surface area contributed by atoms with Gasteiger partial charge in [0.1, 0.15) is 4.83 Å². The molecule has 110 valence electrons. The van der Waals surface area contributed by atoms with Crippen molar-refractivity contribution >= 4 is 39.7 Å². The maximum absolute atomic E-state index is 12.9. The van der Waals surface area contributed by atoms with Crippen LogP contribution < -0.4 is 10.9 Å². The van der Waals surface area contributed by atoms with Gasteiger partial charge in [0.15, 0.2) is 4.77 Å². The Morgan fingerprint density at radius 1 is 1.24 bits per heavy atom. The van der Waals surface area contributed by atoms with Gasteiger partial charge in [0.25, 0.3) is 5.56 Å².